The first-order valence-corrected chi connectivity index (χ1v) is 8.37. The molecule has 136 valence electrons. The lowest BCUT2D eigenvalue weighted by atomic mass is 9.96. The van der Waals surface area contributed by atoms with Crippen LogP contribution in [-0.2, 0) is 0 Å². The van der Waals surface area contributed by atoms with Crippen molar-refractivity contribution in [3.8, 4) is 0 Å². The van der Waals surface area contributed by atoms with Crippen LogP contribution >= 0.6 is 24.8 Å². The Morgan fingerprint density at radius 1 is 0.960 bits per heavy atom. The summed E-state index contributed by atoms with van der Waals surface area (Å²) >= 11 is 0. The molecule has 1 saturated heterocycles. The van der Waals surface area contributed by atoms with E-state index in [9.17, 15) is 4.79 Å². The van der Waals surface area contributed by atoms with Crippen molar-refractivity contribution in [3.05, 3.63) is 71.3 Å². The minimum Gasteiger partial charge on any atom is -0.314 e. The molecule has 0 spiro atoms. The summed E-state index contributed by atoms with van der Waals surface area (Å²) in [5.41, 5.74) is 2.80. The first kappa shape index (κ1) is 21.7. The molecular weight excluding hydrogens is 355 g/mol. The zero-order valence-corrected chi connectivity index (χ0v) is 16.1. The molecule has 0 saturated carbocycles. The predicted octanol–water partition coefficient (Wildman–Crippen LogP) is 3.77. The van der Waals surface area contributed by atoms with Crippen LogP contribution < -0.4 is 5.32 Å². The summed E-state index contributed by atoms with van der Waals surface area (Å²) in [5, 5.41) is 3.38. The van der Waals surface area contributed by atoms with Gasteiger partial charge in [0.2, 0.25) is 0 Å². The first-order valence-electron chi connectivity index (χ1n) is 8.37. The van der Waals surface area contributed by atoms with Gasteiger partial charge in [-0.05, 0) is 11.5 Å². The number of piperazine rings is 1. The monoisotopic (exact) mass is 380 g/mol. The molecule has 2 aromatic rings. The number of hydrogen-bond acceptors (Lipinski definition) is 3. The lowest BCUT2D eigenvalue weighted by Crippen LogP contribution is -2.44. The van der Waals surface area contributed by atoms with Crippen LogP contribution in [0.4, 0.5) is 0 Å². The number of carbonyl (C=O) groups excluding carboxylic acids is 1. The Kier molecular flexibility index (Phi) is 9.15. The summed E-state index contributed by atoms with van der Waals surface area (Å²) in [4.78, 5) is 14.9. The van der Waals surface area contributed by atoms with Gasteiger partial charge in [0.1, 0.15) is 0 Å². The van der Waals surface area contributed by atoms with E-state index in [-0.39, 0.29) is 30.6 Å². The molecule has 5 heteroatoms. The average molecular weight is 381 g/mol. The van der Waals surface area contributed by atoms with E-state index in [1.807, 2.05) is 42.5 Å². The number of nitrogens with zero attached hydrogens (tertiary/aromatic N) is 1. The van der Waals surface area contributed by atoms with Gasteiger partial charge in [-0.3, -0.25) is 4.79 Å². The SMILES string of the molecule is CC(CN1CCNCC1)c1ccc(C(=O)c2ccccc2)cc1.Cl.Cl. The Hall–Kier alpha value is -1.39. The number of halogens is 2. The molecule has 1 unspecified atom stereocenters. The molecule has 3 rings (SSSR count). The third kappa shape index (κ3) is 5.82. The largest absolute Gasteiger partial charge is 0.314 e. The number of carbonyl (C=O) groups is 1. The van der Waals surface area contributed by atoms with E-state index in [0.717, 1.165) is 43.9 Å². The average Bonchev–Trinajstić information content (AvgIpc) is 2.63. The summed E-state index contributed by atoms with van der Waals surface area (Å²) in [6.45, 7) is 7.74. The van der Waals surface area contributed by atoms with Crippen LogP contribution in [0.1, 0.15) is 34.3 Å². The second kappa shape index (κ2) is 10.6. The topological polar surface area (TPSA) is 32.3 Å². The molecule has 25 heavy (non-hydrogen) atoms. The van der Waals surface area contributed by atoms with Crippen LogP contribution in [0, 0.1) is 0 Å². The molecule has 0 radical (unpaired) electrons. The highest BCUT2D eigenvalue weighted by molar-refractivity contribution is 6.08. The van der Waals surface area contributed by atoms with E-state index in [4.69, 9.17) is 0 Å². The molecule has 1 heterocycles. The van der Waals surface area contributed by atoms with Crippen molar-refractivity contribution in [1.29, 1.82) is 0 Å². The molecule has 0 bridgehead atoms. The summed E-state index contributed by atoms with van der Waals surface area (Å²) in [6.07, 6.45) is 0. The second-order valence-corrected chi connectivity index (χ2v) is 6.27. The van der Waals surface area contributed by atoms with Crippen LogP contribution in [-0.4, -0.2) is 43.4 Å². The maximum Gasteiger partial charge on any atom is 0.193 e. The quantitative estimate of drug-likeness (QED) is 0.801. The zero-order chi connectivity index (χ0) is 16.1. The molecule has 1 aliphatic rings. The Bertz CT molecular complexity index is 641. The standard InChI is InChI=1S/C20H24N2O.2ClH/c1-16(15-22-13-11-21-12-14-22)17-7-9-19(10-8-17)20(23)18-5-3-2-4-6-18;;/h2-10,16,21H,11-15H2,1H3;2*1H. The Labute approximate surface area is 162 Å². The Balaban J connectivity index is 0.00000156. The van der Waals surface area contributed by atoms with Crippen LogP contribution in [0.15, 0.2) is 54.6 Å². The molecule has 0 aliphatic carbocycles. The van der Waals surface area contributed by atoms with Gasteiger partial charge in [0.05, 0.1) is 0 Å². The molecule has 1 fully saturated rings. The number of benzene rings is 2. The van der Waals surface area contributed by atoms with E-state index in [2.05, 4.69) is 29.3 Å². The highest BCUT2D eigenvalue weighted by Crippen LogP contribution is 2.19. The van der Waals surface area contributed by atoms with Gasteiger partial charge in [0, 0.05) is 43.9 Å². The fraction of sp³-hybridized carbons (Fsp3) is 0.350. The molecular formula is C20H26Cl2N2O. The van der Waals surface area contributed by atoms with E-state index in [0.29, 0.717) is 5.92 Å². The van der Waals surface area contributed by atoms with Crippen LogP contribution in [0.5, 0.6) is 0 Å². The Morgan fingerprint density at radius 3 is 2.12 bits per heavy atom. The van der Waals surface area contributed by atoms with Crippen LogP contribution in [0.3, 0.4) is 0 Å². The van der Waals surface area contributed by atoms with Crippen molar-refractivity contribution >= 4 is 30.6 Å². The number of hydrogen-bond donors (Lipinski definition) is 1. The Morgan fingerprint density at radius 2 is 1.52 bits per heavy atom. The minimum atomic E-state index is 0. The van der Waals surface area contributed by atoms with Crippen molar-refractivity contribution in [3.63, 3.8) is 0 Å². The minimum absolute atomic E-state index is 0. The van der Waals surface area contributed by atoms with Crippen LogP contribution in [0.25, 0.3) is 0 Å². The highest BCUT2D eigenvalue weighted by atomic mass is 35.5. The zero-order valence-electron chi connectivity index (χ0n) is 14.5. The first-order chi connectivity index (χ1) is 11.2. The maximum atomic E-state index is 12.4. The maximum absolute atomic E-state index is 12.4. The predicted molar refractivity (Wildman–Crippen MR) is 109 cm³/mol. The van der Waals surface area contributed by atoms with Crippen molar-refractivity contribution in [2.45, 2.75) is 12.8 Å². The van der Waals surface area contributed by atoms with Gasteiger partial charge in [-0.1, -0.05) is 61.5 Å². The fourth-order valence-electron chi connectivity index (χ4n) is 3.11. The molecule has 0 amide bonds. The summed E-state index contributed by atoms with van der Waals surface area (Å²) < 4.78 is 0. The normalized spacial score (nSPS) is 15.6. The van der Waals surface area contributed by atoms with Crippen molar-refractivity contribution in [2.75, 3.05) is 32.7 Å². The summed E-state index contributed by atoms with van der Waals surface area (Å²) in [7, 11) is 0. The molecule has 3 nitrogen and oxygen atoms in total. The van der Waals surface area contributed by atoms with E-state index in [1.54, 1.807) is 0 Å². The smallest absolute Gasteiger partial charge is 0.193 e. The van der Waals surface area contributed by atoms with Gasteiger partial charge < -0.3 is 10.2 Å². The fourth-order valence-corrected chi connectivity index (χ4v) is 3.11. The van der Waals surface area contributed by atoms with Gasteiger partial charge in [-0.15, -0.1) is 24.8 Å². The summed E-state index contributed by atoms with van der Waals surface area (Å²) in [6, 6.07) is 17.6. The third-order valence-corrected chi connectivity index (χ3v) is 4.52. The van der Waals surface area contributed by atoms with Crippen molar-refractivity contribution in [2.24, 2.45) is 0 Å². The van der Waals surface area contributed by atoms with E-state index in [1.165, 1.54) is 5.56 Å². The lowest BCUT2D eigenvalue weighted by Gasteiger charge is -2.29. The number of nitrogens with one attached hydrogen (secondary N) is 1. The molecule has 1 atom stereocenters. The van der Waals surface area contributed by atoms with E-state index >= 15 is 0 Å². The van der Waals surface area contributed by atoms with Gasteiger partial charge >= 0.3 is 0 Å². The number of rotatable bonds is 5. The van der Waals surface area contributed by atoms with Gasteiger partial charge in [-0.25, -0.2) is 0 Å². The summed E-state index contributed by atoms with van der Waals surface area (Å²) in [5.74, 6) is 0.570. The van der Waals surface area contributed by atoms with E-state index < -0.39 is 0 Å². The second-order valence-electron chi connectivity index (χ2n) is 6.27. The van der Waals surface area contributed by atoms with Crippen LogP contribution in [0.2, 0.25) is 0 Å². The molecule has 0 aromatic heterocycles. The molecule has 2 aromatic carbocycles. The highest BCUT2D eigenvalue weighted by Gasteiger charge is 2.15. The lowest BCUT2D eigenvalue weighted by molar-refractivity contribution is 0.103. The van der Waals surface area contributed by atoms with Crippen molar-refractivity contribution in [1.82, 2.24) is 10.2 Å². The van der Waals surface area contributed by atoms with Crippen molar-refractivity contribution < 1.29 is 4.79 Å². The van der Waals surface area contributed by atoms with Gasteiger partial charge in [0.25, 0.3) is 0 Å². The van der Waals surface area contributed by atoms with Gasteiger partial charge in [0.15, 0.2) is 5.78 Å². The number of ketones is 1. The molecule has 1 aliphatic heterocycles. The molecule has 1 N–H and O–H groups in total. The van der Waals surface area contributed by atoms with Gasteiger partial charge in [-0.2, -0.15) is 0 Å². The third-order valence-electron chi connectivity index (χ3n) is 4.52.